The third kappa shape index (κ3) is 5.85. The number of ether oxygens (including phenoxy) is 3. The first-order chi connectivity index (χ1) is 15.4. The fraction of sp³-hybridized carbons (Fsp3) is 0.200. The van der Waals surface area contributed by atoms with Gasteiger partial charge in [0, 0.05) is 0 Å². The lowest BCUT2D eigenvalue weighted by atomic mass is 10.2. The smallest absolute Gasteiger partial charge is 0.342 e. The molecule has 0 radical (unpaired) electrons. The maximum absolute atomic E-state index is 13.1. The maximum Gasteiger partial charge on any atom is 0.342 e. The molecule has 6 nitrogen and oxygen atoms in total. The fourth-order valence-corrected chi connectivity index (χ4v) is 2.93. The molecule has 0 spiro atoms. The van der Waals surface area contributed by atoms with E-state index in [0.29, 0.717) is 17.2 Å². The van der Waals surface area contributed by atoms with Crippen molar-refractivity contribution in [1.29, 1.82) is 0 Å². The van der Waals surface area contributed by atoms with Crippen LogP contribution in [0.4, 0.5) is 10.1 Å². The highest BCUT2D eigenvalue weighted by Gasteiger charge is 2.22. The number of nitrogens with one attached hydrogen (secondary N) is 1. The van der Waals surface area contributed by atoms with Gasteiger partial charge >= 0.3 is 5.97 Å². The number of amides is 1. The van der Waals surface area contributed by atoms with Crippen LogP contribution >= 0.6 is 0 Å². The molecule has 1 atom stereocenters. The number of halogens is 1. The molecule has 0 aliphatic carbocycles. The zero-order valence-electron chi connectivity index (χ0n) is 18.1. The van der Waals surface area contributed by atoms with Gasteiger partial charge in [-0.25, -0.2) is 9.18 Å². The van der Waals surface area contributed by atoms with Crippen molar-refractivity contribution < 1.29 is 28.2 Å². The molecule has 7 heteroatoms. The van der Waals surface area contributed by atoms with Crippen LogP contribution in [-0.2, 0) is 16.1 Å². The van der Waals surface area contributed by atoms with Gasteiger partial charge in [-0.3, -0.25) is 4.79 Å². The van der Waals surface area contributed by atoms with Gasteiger partial charge in [0.1, 0.15) is 29.5 Å². The average Bonchev–Trinajstić information content (AvgIpc) is 2.79. The number of carbonyl (C=O) groups excluding carboxylic acids is 2. The van der Waals surface area contributed by atoms with E-state index < -0.39 is 18.0 Å². The predicted octanol–water partition coefficient (Wildman–Crippen LogP) is 4.91. The molecule has 3 rings (SSSR count). The van der Waals surface area contributed by atoms with E-state index in [1.807, 2.05) is 13.0 Å². The molecular formula is C25H24FNO5. The summed E-state index contributed by atoms with van der Waals surface area (Å²) in [6.45, 7) is 3.52. The van der Waals surface area contributed by atoms with Crippen LogP contribution in [0, 0.1) is 12.7 Å². The third-order valence-corrected chi connectivity index (χ3v) is 4.68. The van der Waals surface area contributed by atoms with Gasteiger partial charge in [-0.05, 0) is 61.4 Å². The minimum atomic E-state index is -1.06. The van der Waals surface area contributed by atoms with Crippen LogP contribution in [-0.4, -0.2) is 25.1 Å². The van der Waals surface area contributed by atoms with Gasteiger partial charge in [-0.15, -0.1) is 0 Å². The van der Waals surface area contributed by atoms with Crippen molar-refractivity contribution in [3.63, 3.8) is 0 Å². The predicted molar refractivity (Wildman–Crippen MR) is 118 cm³/mol. The largest absolute Gasteiger partial charge is 0.495 e. The van der Waals surface area contributed by atoms with E-state index in [4.69, 9.17) is 14.2 Å². The summed E-state index contributed by atoms with van der Waals surface area (Å²) >= 11 is 0. The number of para-hydroxylation sites is 1. The van der Waals surface area contributed by atoms with Crippen molar-refractivity contribution in [1.82, 2.24) is 0 Å². The highest BCUT2D eigenvalue weighted by molar-refractivity contribution is 5.99. The summed E-state index contributed by atoms with van der Waals surface area (Å²) in [6.07, 6.45) is -1.06. The third-order valence-electron chi connectivity index (χ3n) is 4.68. The lowest BCUT2D eigenvalue weighted by molar-refractivity contribution is -0.123. The minimum Gasteiger partial charge on any atom is -0.495 e. The quantitative estimate of drug-likeness (QED) is 0.507. The molecule has 0 aliphatic rings. The molecule has 0 saturated heterocycles. The summed E-state index contributed by atoms with van der Waals surface area (Å²) in [7, 11) is 1.51. The van der Waals surface area contributed by atoms with E-state index in [1.165, 1.54) is 26.2 Å². The average molecular weight is 437 g/mol. The summed E-state index contributed by atoms with van der Waals surface area (Å²) in [4.78, 5) is 25.3. The summed E-state index contributed by atoms with van der Waals surface area (Å²) in [6, 6.07) is 17.8. The molecule has 0 heterocycles. The van der Waals surface area contributed by atoms with Crippen LogP contribution in [0.5, 0.6) is 11.5 Å². The number of esters is 1. The Morgan fingerprint density at radius 3 is 2.44 bits per heavy atom. The minimum absolute atomic E-state index is 0.147. The van der Waals surface area contributed by atoms with E-state index >= 15 is 0 Å². The van der Waals surface area contributed by atoms with Crippen LogP contribution in [0.25, 0.3) is 0 Å². The van der Waals surface area contributed by atoms with Crippen molar-refractivity contribution in [2.24, 2.45) is 0 Å². The van der Waals surface area contributed by atoms with Crippen molar-refractivity contribution in [2.75, 3.05) is 12.4 Å². The van der Waals surface area contributed by atoms with Crippen LogP contribution < -0.4 is 14.8 Å². The SMILES string of the molecule is COc1ccc(C)cc1NC(=O)C(C)OC(=O)c1ccccc1OCc1ccc(F)cc1. The standard InChI is InChI=1S/C25H24FNO5/c1-16-8-13-23(30-3)21(14-16)27-24(28)17(2)32-25(29)20-6-4-5-7-22(20)31-15-18-9-11-19(26)12-10-18/h4-14,17H,15H2,1-3H3,(H,27,28). The molecule has 0 bridgehead atoms. The molecule has 32 heavy (non-hydrogen) atoms. The Morgan fingerprint density at radius 1 is 1.00 bits per heavy atom. The Labute approximate surface area is 185 Å². The van der Waals surface area contributed by atoms with Gasteiger partial charge in [0.05, 0.1) is 12.8 Å². The van der Waals surface area contributed by atoms with Crippen LogP contribution in [0.15, 0.2) is 66.7 Å². The Hall–Kier alpha value is -3.87. The number of benzene rings is 3. The first kappa shape index (κ1) is 22.8. The number of hydrogen-bond donors (Lipinski definition) is 1. The van der Waals surface area contributed by atoms with Gasteiger partial charge < -0.3 is 19.5 Å². The summed E-state index contributed by atoms with van der Waals surface area (Å²) < 4.78 is 29.4. The van der Waals surface area contributed by atoms with Crippen molar-refractivity contribution in [3.8, 4) is 11.5 Å². The normalized spacial score (nSPS) is 11.4. The molecule has 1 N–H and O–H groups in total. The maximum atomic E-state index is 13.1. The molecule has 0 aromatic heterocycles. The summed E-state index contributed by atoms with van der Waals surface area (Å²) in [5.41, 5.74) is 2.36. The molecule has 0 saturated carbocycles. The van der Waals surface area contributed by atoms with E-state index in [9.17, 15) is 14.0 Å². The van der Waals surface area contributed by atoms with E-state index in [1.54, 1.807) is 48.5 Å². The molecule has 1 amide bonds. The van der Waals surface area contributed by atoms with Crippen molar-refractivity contribution in [2.45, 2.75) is 26.6 Å². The molecule has 0 fully saturated rings. The second kappa shape index (κ2) is 10.4. The Morgan fingerprint density at radius 2 is 1.72 bits per heavy atom. The topological polar surface area (TPSA) is 73.9 Å². The molecule has 3 aromatic carbocycles. The monoisotopic (exact) mass is 437 g/mol. The molecule has 1 unspecified atom stereocenters. The Bertz CT molecular complexity index is 1100. The van der Waals surface area contributed by atoms with Gasteiger partial charge in [0.2, 0.25) is 0 Å². The van der Waals surface area contributed by atoms with E-state index in [0.717, 1.165) is 11.1 Å². The second-order valence-electron chi connectivity index (χ2n) is 7.15. The van der Waals surface area contributed by atoms with Gasteiger partial charge in [-0.1, -0.05) is 30.3 Å². The number of carbonyl (C=O) groups is 2. The first-order valence-electron chi connectivity index (χ1n) is 10.00. The Balaban J connectivity index is 1.65. The zero-order valence-corrected chi connectivity index (χ0v) is 18.1. The van der Waals surface area contributed by atoms with Crippen molar-refractivity contribution in [3.05, 3.63) is 89.2 Å². The second-order valence-corrected chi connectivity index (χ2v) is 7.15. The molecule has 0 aliphatic heterocycles. The number of methoxy groups -OCH3 is 1. The number of anilines is 1. The molecular weight excluding hydrogens is 413 g/mol. The van der Waals surface area contributed by atoms with E-state index in [2.05, 4.69) is 5.32 Å². The van der Waals surface area contributed by atoms with Crippen LogP contribution in [0.3, 0.4) is 0 Å². The Kier molecular flexibility index (Phi) is 7.44. The first-order valence-corrected chi connectivity index (χ1v) is 10.00. The fourth-order valence-electron chi connectivity index (χ4n) is 2.93. The highest BCUT2D eigenvalue weighted by Crippen LogP contribution is 2.26. The van der Waals surface area contributed by atoms with E-state index in [-0.39, 0.29) is 18.0 Å². The van der Waals surface area contributed by atoms with Crippen molar-refractivity contribution >= 4 is 17.6 Å². The van der Waals surface area contributed by atoms with Gasteiger partial charge in [0.15, 0.2) is 6.10 Å². The molecule has 3 aromatic rings. The lowest BCUT2D eigenvalue weighted by Crippen LogP contribution is -2.30. The number of aryl methyl sites for hydroxylation is 1. The van der Waals surface area contributed by atoms with Crippen LogP contribution in [0.1, 0.15) is 28.4 Å². The zero-order chi connectivity index (χ0) is 23.1. The summed E-state index contributed by atoms with van der Waals surface area (Å²) in [5, 5.41) is 2.72. The van der Waals surface area contributed by atoms with Crippen LogP contribution in [0.2, 0.25) is 0 Å². The summed E-state index contributed by atoms with van der Waals surface area (Å²) in [5.74, 6) is -0.726. The number of rotatable bonds is 8. The van der Waals surface area contributed by atoms with Gasteiger partial charge in [0.25, 0.3) is 5.91 Å². The van der Waals surface area contributed by atoms with Gasteiger partial charge in [-0.2, -0.15) is 0 Å². The highest BCUT2D eigenvalue weighted by atomic mass is 19.1. The molecule has 166 valence electrons. The lowest BCUT2D eigenvalue weighted by Gasteiger charge is -2.17. The number of hydrogen-bond acceptors (Lipinski definition) is 5.